The van der Waals surface area contributed by atoms with E-state index in [0.717, 1.165) is 35.5 Å². The van der Waals surface area contributed by atoms with Crippen LogP contribution in [0.1, 0.15) is 48.8 Å². The van der Waals surface area contributed by atoms with Gasteiger partial charge in [-0.1, -0.05) is 5.16 Å². The summed E-state index contributed by atoms with van der Waals surface area (Å²) in [6.45, 7) is 4.99. The van der Waals surface area contributed by atoms with Crippen molar-refractivity contribution in [2.45, 2.75) is 44.8 Å². The summed E-state index contributed by atoms with van der Waals surface area (Å²) in [4.78, 5) is 14.6. The standard InChI is InChI=1S/C17H21N3O3S/c1-10-7-20(8-14(22-10)13-5-6-24-9-13)17(21)18-15-11(2)19-23-16(15)12-3-4-12/h5-6,9-10,12,14H,3-4,7-8H2,1-2H3,(H,18,21)/t10-,14+/m0/s1. The van der Waals surface area contributed by atoms with Crippen molar-refractivity contribution in [3.63, 3.8) is 0 Å². The van der Waals surface area contributed by atoms with Crippen LogP contribution in [0.3, 0.4) is 0 Å². The number of ether oxygens (including phenoxy) is 1. The molecule has 1 N–H and O–H groups in total. The van der Waals surface area contributed by atoms with Crippen LogP contribution >= 0.6 is 11.3 Å². The van der Waals surface area contributed by atoms with Gasteiger partial charge in [0, 0.05) is 12.5 Å². The third kappa shape index (κ3) is 3.06. The van der Waals surface area contributed by atoms with Crippen molar-refractivity contribution in [2.75, 3.05) is 18.4 Å². The first-order chi connectivity index (χ1) is 11.6. The Bertz CT molecular complexity index is 724. The molecule has 4 rings (SSSR count). The summed E-state index contributed by atoms with van der Waals surface area (Å²) in [5.74, 6) is 1.22. The SMILES string of the molecule is Cc1noc(C2CC2)c1NC(=O)N1C[C@H](C)O[C@@H](c2ccsc2)C1. The number of anilines is 1. The highest BCUT2D eigenvalue weighted by molar-refractivity contribution is 7.07. The summed E-state index contributed by atoms with van der Waals surface area (Å²) in [6.07, 6.45) is 2.14. The minimum absolute atomic E-state index is 0.000809. The van der Waals surface area contributed by atoms with Gasteiger partial charge in [0.2, 0.25) is 0 Å². The number of carbonyl (C=O) groups excluding carboxylic acids is 1. The van der Waals surface area contributed by atoms with E-state index < -0.39 is 0 Å². The lowest BCUT2D eigenvalue weighted by Gasteiger charge is -2.36. The van der Waals surface area contributed by atoms with Crippen LogP contribution in [0.4, 0.5) is 10.5 Å². The number of aromatic nitrogens is 1. The lowest BCUT2D eigenvalue weighted by molar-refractivity contribution is -0.0640. The van der Waals surface area contributed by atoms with Gasteiger partial charge in [0.1, 0.15) is 17.5 Å². The lowest BCUT2D eigenvalue weighted by Crippen LogP contribution is -2.47. The molecule has 2 aromatic rings. The molecule has 2 atom stereocenters. The van der Waals surface area contributed by atoms with Crippen molar-refractivity contribution in [1.82, 2.24) is 10.1 Å². The van der Waals surface area contributed by atoms with E-state index in [2.05, 4.69) is 21.9 Å². The first-order valence-corrected chi connectivity index (χ1v) is 9.25. The second-order valence-electron chi connectivity index (χ2n) is 6.61. The molecule has 0 aromatic carbocycles. The first kappa shape index (κ1) is 15.7. The van der Waals surface area contributed by atoms with Gasteiger partial charge >= 0.3 is 6.03 Å². The highest BCUT2D eigenvalue weighted by Gasteiger charge is 2.34. The van der Waals surface area contributed by atoms with E-state index in [-0.39, 0.29) is 18.2 Å². The summed E-state index contributed by atoms with van der Waals surface area (Å²) in [5, 5.41) is 11.1. The van der Waals surface area contributed by atoms with Crippen LogP contribution in [0, 0.1) is 6.92 Å². The Labute approximate surface area is 144 Å². The molecular formula is C17H21N3O3S. The number of nitrogens with zero attached hydrogens (tertiary/aromatic N) is 2. The molecule has 2 aliphatic rings. The second kappa shape index (κ2) is 6.22. The molecule has 2 fully saturated rings. The zero-order valence-corrected chi connectivity index (χ0v) is 14.6. The summed E-state index contributed by atoms with van der Waals surface area (Å²) in [6, 6.07) is 1.94. The van der Waals surface area contributed by atoms with E-state index in [0.29, 0.717) is 19.0 Å². The fraction of sp³-hybridized carbons (Fsp3) is 0.529. The Kier molecular flexibility index (Phi) is 4.05. The van der Waals surface area contributed by atoms with Gasteiger partial charge in [0.25, 0.3) is 0 Å². The van der Waals surface area contributed by atoms with Crippen molar-refractivity contribution >= 4 is 23.1 Å². The third-order valence-electron chi connectivity index (χ3n) is 4.53. The van der Waals surface area contributed by atoms with Crippen LogP contribution in [-0.4, -0.2) is 35.3 Å². The van der Waals surface area contributed by atoms with Crippen LogP contribution in [0.25, 0.3) is 0 Å². The Morgan fingerprint density at radius 2 is 2.25 bits per heavy atom. The molecule has 1 saturated carbocycles. The maximum Gasteiger partial charge on any atom is 0.322 e. The molecule has 128 valence electrons. The van der Waals surface area contributed by atoms with E-state index in [9.17, 15) is 4.79 Å². The predicted octanol–water partition coefficient (Wildman–Crippen LogP) is 3.92. The average molecular weight is 347 g/mol. The zero-order chi connectivity index (χ0) is 16.7. The number of hydrogen-bond donors (Lipinski definition) is 1. The number of carbonyl (C=O) groups is 1. The molecule has 2 aromatic heterocycles. The fourth-order valence-electron chi connectivity index (χ4n) is 3.11. The Morgan fingerprint density at radius 1 is 1.42 bits per heavy atom. The molecule has 0 unspecified atom stereocenters. The minimum atomic E-state index is -0.112. The number of amides is 2. The Hall–Kier alpha value is -1.86. The van der Waals surface area contributed by atoms with Crippen molar-refractivity contribution < 1.29 is 14.1 Å². The van der Waals surface area contributed by atoms with Crippen LogP contribution < -0.4 is 5.32 Å². The van der Waals surface area contributed by atoms with Crippen LogP contribution in [0.2, 0.25) is 0 Å². The van der Waals surface area contributed by atoms with Crippen molar-refractivity contribution in [1.29, 1.82) is 0 Å². The van der Waals surface area contributed by atoms with Crippen LogP contribution in [0.15, 0.2) is 21.3 Å². The van der Waals surface area contributed by atoms with E-state index in [1.165, 1.54) is 0 Å². The van der Waals surface area contributed by atoms with E-state index in [4.69, 9.17) is 9.26 Å². The number of nitrogens with one attached hydrogen (secondary N) is 1. The van der Waals surface area contributed by atoms with Crippen molar-refractivity contribution in [3.05, 3.63) is 33.8 Å². The summed E-state index contributed by atoms with van der Waals surface area (Å²) < 4.78 is 11.4. The van der Waals surface area contributed by atoms with Gasteiger partial charge in [0.15, 0.2) is 5.76 Å². The van der Waals surface area contributed by atoms with Gasteiger partial charge in [-0.2, -0.15) is 11.3 Å². The second-order valence-corrected chi connectivity index (χ2v) is 7.39. The molecule has 1 aliphatic carbocycles. The molecule has 2 amide bonds. The number of thiophene rings is 1. The van der Waals surface area contributed by atoms with Gasteiger partial charge in [-0.05, 0) is 49.1 Å². The first-order valence-electron chi connectivity index (χ1n) is 8.31. The van der Waals surface area contributed by atoms with Crippen molar-refractivity contribution in [2.24, 2.45) is 0 Å². The lowest BCUT2D eigenvalue weighted by atomic mass is 10.1. The van der Waals surface area contributed by atoms with E-state index in [1.807, 2.05) is 24.1 Å². The molecule has 0 spiro atoms. The predicted molar refractivity (Wildman–Crippen MR) is 91.4 cm³/mol. The van der Waals surface area contributed by atoms with Gasteiger partial charge < -0.3 is 19.5 Å². The Balaban J connectivity index is 1.48. The minimum Gasteiger partial charge on any atom is -0.367 e. The number of aryl methyl sites for hydroxylation is 1. The molecule has 7 heteroatoms. The normalized spacial score (nSPS) is 24.2. The highest BCUT2D eigenvalue weighted by Crippen LogP contribution is 2.44. The fourth-order valence-corrected chi connectivity index (χ4v) is 3.81. The van der Waals surface area contributed by atoms with E-state index >= 15 is 0 Å². The molecule has 1 aliphatic heterocycles. The highest BCUT2D eigenvalue weighted by atomic mass is 32.1. The molecule has 24 heavy (non-hydrogen) atoms. The van der Waals surface area contributed by atoms with Crippen LogP contribution in [-0.2, 0) is 4.74 Å². The molecular weight excluding hydrogens is 326 g/mol. The van der Waals surface area contributed by atoms with Gasteiger partial charge in [-0.3, -0.25) is 0 Å². The molecule has 6 nitrogen and oxygen atoms in total. The third-order valence-corrected chi connectivity index (χ3v) is 5.23. The molecule has 0 bridgehead atoms. The van der Waals surface area contributed by atoms with Gasteiger partial charge in [-0.15, -0.1) is 0 Å². The topological polar surface area (TPSA) is 67.6 Å². The quantitative estimate of drug-likeness (QED) is 0.914. The largest absolute Gasteiger partial charge is 0.367 e. The summed E-state index contributed by atoms with van der Waals surface area (Å²) >= 11 is 1.64. The molecule has 0 radical (unpaired) electrons. The molecule has 1 saturated heterocycles. The smallest absolute Gasteiger partial charge is 0.322 e. The average Bonchev–Trinajstić information content (AvgIpc) is 3.12. The monoisotopic (exact) mass is 347 g/mol. The van der Waals surface area contributed by atoms with Gasteiger partial charge in [-0.25, -0.2) is 4.79 Å². The Morgan fingerprint density at radius 3 is 2.96 bits per heavy atom. The number of morpholine rings is 1. The number of rotatable bonds is 3. The maximum atomic E-state index is 12.8. The number of urea groups is 1. The van der Waals surface area contributed by atoms with Gasteiger partial charge in [0.05, 0.1) is 12.6 Å². The van der Waals surface area contributed by atoms with Crippen molar-refractivity contribution in [3.8, 4) is 0 Å². The zero-order valence-electron chi connectivity index (χ0n) is 13.8. The van der Waals surface area contributed by atoms with Crippen LogP contribution in [0.5, 0.6) is 0 Å². The maximum absolute atomic E-state index is 12.8. The van der Waals surface area contributed by atoms with E-state index in [1.54, 1.807) is 11.3 Å². The molecule has 3 heterocycles. The summed E-state index contributed by atoms with van der Waals surface area (Å²) in [5.41, 5.74) is 2.61. The number of hydrogen-bond acceptors (Lipinski definition) is 5. The summed E-state index contributed by atoms with van der Waals surface area (Å²) in [7, 11) is 0.